The van der Waals surface area contributed by atoms with E-state index >= 15 is 0 Å². The van der Waals surface area contributed by atoms with Gasteiger partial charge in [-0.15, -0.1) is 29.8 Å². The fourth-order valence-corrected chi connectivity index (χ4v) is 4.00. The van der Waals surface area contributed by atoms with E-state index in [0.717, 1.165) is 5.56 Å². The predicted octanol–water partition coefficient (Wildman–Crippen LogP) is 4.17. The molecule has 0 heterocycles. The first-order chi connectivity index (χ1) is 10.0. The molecular weight excluding hydrogens is 330 g/mol. The van der Waals surface area contributed by atoms with Crippen LogP contribution in [0, 0.1) is 0 Å². The first-order valence-corrected chi connectivity index (χ1v) is 9.37. The fraction of sp³-hybridized carbons (Fsp3) is 0.429. The Balaban J connectivity index is 2.90. The number of benzene rings is 1. The van der Waals surface area contributed by atoms with Crippen LogP contribution in [0.4, 0.5) is 0 Å². The summed E-state index contributed by atoms with van der Waals surface area (Å²) in [4.78, 5) is 0. The summed E-state index contributed by atoms with van der Waals surface area (Å²) in [6.45, 7) is 4.42. The molecule has 0 aromatic heterocycles. The molecule has 0 aliphatic rings. The lowest BCUT2D eigenvalue weighted by Gasteiger charge is -2.30. The highest BCUT2D eigenvalue weighted by molar-refractivity contribution is 7.53. The van der Waals surface area contributed by atoms with E-state index in [9.17, 15) is 4.57 Å². The average Bonchev–Trinajstić information content (AvgIpc) is 2.47. The highest BCUT2D eigenvalue weighted by atomic mass is 35.5. The third-order valence-corrected chi connectivity index (χ3v) is 4.99. The number of halogens is 2. The molecule has 1 aromatic carbocycles. The molecule has 2 N–H and O–H groups in total. The number of alkyl halides is 2. The molecule has 118 valence electrons. The van der Waals surface area contributed by atoms with Crippen LogP contribution < -0.4 is 5.50 Å². The van der Waals surface area contributed by atoms with Crippen molar-refractivity contribution in [2.45, 2.75) is 12.5 Å². The van der Waals surface area contributed by atoms with Crippen LogP contribution in [0.15, 0.2) is 43.0 Å². The fourth-order valence-electron chi connectivity index (χ4n) is 1.89. The minimum atomic E-state index is -3.47. The zero-order valence-corrected chi connectivity index (χ0v) is 14.2. The standard InChI is InChI=1S/C14H21Cl2N2O2P/c1-2-6-14(13-7-4-3-5-8-13)20-21(17,19)18(11-9-15)12-10-16/h2-5,7-8,14H,1,6,9-12H2,(H2,17,19)/t14-,21+/m0/s1. The van der Waals surface area contributed by atoms with E-state index < -0.39 is 13.8 Å². The van der Waals surface area contributed by atoms with Crippen molar-refractivity contribution < 1.29 is 9.09 Å². The van der Waals surface area contributed by atoms with Gasteiger partial charge < -0.3 is 0 Å². The third kappa shape index (κ3) is 6.11. The van der Waals surface area contributed by atoms with E-state index in [1.807, 2.05) is 30.3 Å². The highest BCUT2D eigenvalue weighted by Crippen LogP contribution is 2.47. The van der Waals surface area contributed by atoms with Crippen molar-refractivity contribution in [2.75, 3.05) is 24.8 Å². The molecule has 0 spiro atoms. The second-order valence-electron chi connectivity index (χ2n) is 4.42. The van der Waals surface area contributed by atoms with Gasteiger partial charge in [0.05, 0.1) is 6.10 Å². The second-order valence-corrected chi connectivity index (χ2v) is 7.09. The summed E-state index contributed by atoms with van der Waals surface area (Å²) >= 11 is 11.4. The zero-order chi connectivity index (χ0) is 15.7. The molecule has 0 bridgehead atoms. The molecule has 1 aromatic rings. The van der Waals surface area contributed by atoms with Gasteiger partial charge in [-0.05, 0) is 12.0 Å². The molecule has 4 nitrogen and oxygen atoms in total. The van der Waals surface area contributed by atoms with Gasteiger partial charge in [0.25, 0.3) is 0 Å². The summed E-state index contributed by atoms with van der Waals surface area (Å²) in [6, 6.07) is 9.50. The van der Waals surface area contributed by atoms with Crippen molar-refractivity contribution in [3.05, 3.63) is 48.6 Å². The number of rotatable bonds is 10. The van der Waals surface area contributed by atoms with Crippen molar-refractivity contribution in [3.8, 4) is 0 Å². The van der Waals surface area contributed by atoms with Crippen LogP contribution in [0.3, 0.4) is 0 Å². The van der Waals surface area contributed by atoms with Gasteiger partial charge in [-0.3, -0.25) is 9.09 Å². The Bertz CT molecular complexity index is 467. The monoisotopic (exact) mass is 350 g/mol. The minimum absolute atomic E-state index is 0.304. The number of hydrogen-bond acceptors (Lipinski definition) is 2. The smallest absolute Gasteiger partial charge is 0.298 e. The van der Waals surface area contributed by atoms with Crippen molar-refractivity contribution in [1.82, 2.24) is 4.67 Å². The van der Waals surface area contributed by atoms with E-state index in [4.69, 9.17) is 33.2 Å². The summed E-state index contributed by atoms with van der Waals surface area (Å²) < 4.78 is 19.9. The van der Waals surface area contributed by atoms with E-state index in [-0.39, 0.29) is 0 Å². The molecule has 0 amide bonds. The van der Waals surface area contributed by atoms with Crippen LogP contribution in [0.25, 0.3) is 0 Å². The van der Waals surface area contributed by atoms with Gasteiger partial charge in [-0.1, -0.05) is 36.4 Å². The normalized spacial score (nSPS) is 15.6. The van der Waals surface area contributed by atoms with Gasteiger partial charge in [0, 0.05) is 24.8 Å². The van der Waals surface area contributed by atoms with Gasteiger partial charge in [0.1, 0.15) is 0 Å². The quantitative estimate of drug-likeness (QED) is 0.391. The van der Waals surface area contributed by atoms with Gasteiger partial charge in [-0.2, -0.15) is 0 Å². The van der Waals surface area contributed by atoms with Crippen LogP contribution in [0.2, 0.25) is 0 Å². The third-order valence-electron chi connectivity index (χ3n) is 2.91. The maximum atomic E-state index is 12.7. The largest absolute Gasteiger partial charge is 0.341 e. The summed E-state index contributed by atoms with van der Waals surface area (Å²) in [5.74, 6) is 0.609. The van der Waals surface area contributed by atoms with E-state index in [1.165, 1.54) is 4.67 Å². The SMILES string of the molecule is C=CC[C@H](O[P@@](N)(=O)N(CCCl)CCCl)c1ccccc1. The van der Waals surface area contributed by atoms with Crippen molar-refractivity contribution in [1.29, 1.82) is 0 Å². The summed E-state index contributed by atoms with van der Waals surface area (Å²) in [5, 5.41) is 0. The van der Waals surface area contributed by atoms with Gasteiger partial charge in [0.15, 0.2) is 0 Å². The molecule has 0 aliphatic heterocycles. The Hall–Kier alpha value is -0.350. The Morgan fingerprint density at radius 1 is 1.29 bits per heavy atom. The van der Waals surface area contributed by atoms with E-state index in [2.05, 4.69) is 6.58 Å². The van der Waals surface area contributed by atoms with Crippen molar-refractivity contribution >= 4 is 30.9 Å². The maximum Gasteiger partial charge on any atom is 0.341 e. The molecule has 0 saturated carbocycles. The van der Waals surface area contributed by atoms with Gasteiger partial charge in [0.2, 0.25) is 0 Å². The minimum Gasteiger partial charge on any atom is -0.298 e. The molecular formula is C14H21Cl2N2O2P. The Kier molecular flexibility index (Phi) is 8.57. The van der Waals surface area contributed by atoms with Crippen LogP contribution in [0.1, 0.15) is 18.1 Å². The lowest BCUT2D eigenvalue weighted by molar-refractivity contribution is 0.184. The lowest BCUT2D eigenvalue weighted by atomic mass is 10.1. The first kappa shape index (κ1) is 18.7. The number of nitrogens with two attached hydrogens (primary N) is 1. The molecule has 0 unspecified atom stereocenters. The number of nitrogens with zero attached hydrogens (tertiary/aromatic N) is 1. The molecule has 21 heavy (non-hydrogen) atoms. The molecule has 0 radical (unpaired) electrons. The van der Waals surface area contributed by atoms with Crippen LogP contribution in [0.5, 0.6) is 0 Å². The Labute approximate surface area is 136 Å². The second kappa shape index (κ2) is 9.62. The van der Waals surface area contributed by atoms with Crippen LogP contribution in [-0.2, 0) is 9.09 Å². The summed E-state index contributed by atoms with van der Waals surface area (Å²) in [5.41, 5.74) is 6.81. The van der Waals surface area contributed by atoms with Crippen molar-refractivity contribution in [3.63, 3.8) is 0 Å². The van der Waals surface area contributed by atoms with Gasteiger partial charge >= 0.3 is 7.67 Å². The molecule has 7 heteroatoms. The molecule has 0 saturated heterocycles. The highest BCUT2D eigenvalue weighted by Gasteiger charge is 2.30. The molecule has 0 fully saturated rings. The lowest BCUT2D eigenvalue weighted by Crippen LogP contribution is -2.30. The van der Waals surface area contributed by atoms with E-state index in [0.29, 0.717) is 31.3 Å². The topological polar surface area (TPSA) is 55.6 Å². The molecule has 2 atom stereocenters. The number of hydrogen-bond donors (Lipinski definition) is 1. The van der Waals surface area contributed by atoms with Crippen LogP contribution >= 0.6 is 30.9 Å². The molecule has 1 rings (SSSR count). The predicted molar refractivity (Wildman–Crippen MR) is 89.9 cm³/mol. The maximum absolute atomic E-state index is 12.7. The van der Waals surface area contributed by atoms with Crippen molar-refractivity contribution in [2.24, 2.45) is 5.50 Å². The first-order valence-electron chi connectivity index (χ1n) is 6.65. The average molecular weight is 351 g/mol. The molecule has 0 aliphatic carbocycles. The Morgan fingerprint density at radius 2 is 1.86 bits per heavy atom. The summed E-state index contributed by atoms with van der Waals surface area (Å²) in [6.07, 6.45) is 1.82. The van der Waals surface area contributed by atoms with Crippen LogP contribution in [-0.4, -0.2) is 29.5 Å². The van der Waals surface area contributed by atoms with Gasteiger partial charge in [-0.25, -0.2) is 10.2 Å². The summed E-state index contributed by atoms with van der Waals surface area (Å²) in [7, 11) is -3.47. The van der Waals surface area contributed by atoms with E-state index in [1.54, 1.807) is 6.08 Å². The zero-order valence-electron chi connectivity index (χ0n) is 11.8. The Morgan fingerprint density at radius 3 is 2.33 bits per heavy atom.